The van der Waals surface area contributed by atoms with E-state index >= 15 is 0 Å². The summed E-state index contributed by atoms with van der Waals surface area (Å²) in [5.74, 6) is 0. The molecule has 18 heavy (non-hydrogen) atoms. The van der Waals surface area contributed by atoms with Gasteiger partial charge in [-0.05, 0) is 36.2 Å². The zero-order valence-corrected chi connectivity index (χ0v) is 11.0. The molecule has 0 aliphatic carbocycles. The van der Waals surface area contributed by atoms with Crippen LogP contribution in [-0.2, 0) is 6.54 Å². The summed E-state index contributed by atoms with van der Waals surface area (Å²) in [4.78, 5) is 5.85. The smallest absolute Gasteiger partial charge is 0.0702 e. The third-order valence-corrected chi connectivity index (χ3v) is 3.87. The van der Waals surface area contributed by atoms with Crippen molar-refractivity contribution < 1.29 is 0 Å². The van der Waals surface area contributed by atoms with Crippen LogP contribution in [0.5, 0.6) is 0 Å². The second kappa shape index (κ2) is 4.88. The molecule has 2 heterocycles. The maximum atomic E-state index is 4.50. The quantitative estimate of drug-likeness (QED) is 0.771. The van der Waals surface area contributed by atoms with Gasteiger partial charge in [-0.3, -0.25) is 4.98 Å². The van der Waals surface area contributed by atoms with Crippen LogP contribution >= 0.6 is 11.3 Å². The lowest BCUT2D eigenvalue weighted by Gasteiger charge is -2.00. The Balaban J connectivity index is 2.02. The van der Waals surface area contributed by atoms with Gasteiger partial charge in [0.05, 0.1) is 5.52 Å². The van der Waals surface area contributed by atoms with Crippen molar-refractivity contribution in [2.45, 2.75) is 6.54 Å². The molecule has 3 rings (SSSR count). The van der Waals surface area contributed by atoms with Crippen molar-refractivity contribution in [3.05, 3.63) is 52.9 Å². The minimum absolute atomic E-state index is 0.922. The number of hydrogen-bond donors (Lipinski definition) is 1. The molecule has 90 valence electrons. The summed E-state index contributed by atoms with van der Waals surface area (Å²) in [5.41, 5.74) is 3.49. The molecule has 0 aliphatic heterocycles. The van der Waals surface area contributed by atoms with Gasteiger partial charge in [0, 0.05) is 28.6 Å². The summed E-state index contributed by atoms with van der Waals surface area (Å²) in [6, 6.07) is 12.6. The van der Waals surface area contributed by atoms with Gasteiger partial charge in [-0.25, -0.2) is 0 Å². The molecule has 0 atom stereocenters. The fraction of sp³-hybridized carbons (Fsp3) is 0.133. The number of rotatable bonds is 3. The van der Waals surface area contributed by atoms with E-state index in [-0.39, 0.29) is 0 Å². The van der Waals surface area contributed by atoms with Gasteiger partial charge in [-0.2, -0.15) is 0 Å². The van der Waals surface area contributed by atoms with E-state index in [1.54, 1.807) is 11.3 Å². The van der Waals surface area contributed by atoms with Crippen molar-refractivity contribution >= 4 is 22.2 Å². The largest absolute Gasteiger partial charge is 0.315 e. The van der Waals surface area contributed by atoms with E-state index < -0.39 is 0 Å². The predicted octanol–water partition coefficient (Wildman–Crippen LogP) is 3.68. The molecule has 0 aliphatic rings. The van der Waals surface area contributed by atoms with Crippen LogP contribution in [0.2, 0.25) is 0 Å². The Morgan fingerprint density at radius 1 is 1.17 bits per heavy atom. The number of benzene rings is 1. The number of pyridine rings is 1. The molecule has 3 heteroatoms. The van der Waals surface area contributed by atoms with Gasteiger partial charge in [0.2, 0.25) is 0 Å². The minimum atomic E-state index is 0.922. The van der Waals surface area contributed by atoms with Crippen LogP contribution in [0.4, 0.5) is 0 Å². The van der Waals surface area contributed by atoms with E-state index in [2.05, 4.69) is 33.9 Å². The SMILES string of the molecule is CNCc1cc(-c2cnc3ccccc3c2)cs1. The lowest BCUT2D eigenvalue weighted by molar-refractivity contribution is 0.831. The van der Waals surface area contributed by atoms with Crippen molar-refractivity contribution in [2.75, 3.05) is 7.05 Å². The average molecular weight is 254 g/mol. The molecule has 0 radical (unpaired) electrons. The van der Waals surface area contributed by atoms with Crippen LogP contribution in [0, 0.1) is 0 Å². The van der Waals surface area contributed by atoms with Crippen molar-refractivity contribution in [3.8, 4) is 11.1 Å². The normalized spacial score (nSPS) is 10.9. The molecular weight excluding hydrogens is 240 g/mol. The number of fused-ring (bicyclic) bond motifs is 1. The van der Waals surface area contributed by atoms with E-state index in [9.17, 15) is 0 Å². The van der Waals surface area contributed by atoms with Gasteiger partial charge in [0.1, 0.15) is 0 Å². The summed E-state index contributed by atoms with van der Waals surface area (Å²) in [6.45, 7) is 0.922. The zero-order chi connectivity index (χ0) is 12.4. The molecule has 1 N–H and O–H groups in total. The zero-order valence-electron chi connectivity index (χ0n) is 10.2. The maximum Gasteiger partial charge on any atom is 0.0702 e. The molecule has 0 amide bonds. The Labute approximate surface area is 110 Å². The standard InChI is InChI=1S/C15H14N2S/c1-16-9-14-7-13(10-18-14)12-6-11-4-2-3-5-15(11)17-8-12/h2-8,10,16H,9H2,1H3. The lowest BCUT2D eigenvalue weighted by Crippen LogP contribution is -2.02. The lowest BCUT2D eigenvalue weighted by atomic mass is 10.1. The highest BCUT2D eigenvalue weighted by Crippen LogP contribution is 2.27. The number of hydrogen-bond acceptors (Lipinski definition) is 3. The van der Waals surface area contributed by atoms with Crippen LogP contribution < -0.4 is 5.32 Å². The van der Waals surface area contributed by atoms with Crippen LogP contribution in [0.1, 0.15) is 4.88 Å². The molecule has 0 unspecified atom stereocenters. The fourth-order valence-electron chi connectivity index (χ4n) is 2.03. The van der Waals surface area contributed by atoms with Crippen LogP contribution in [0.15, 0.2) is 48.0 Å². The Morgan fingerprint density at radius 3 is 2.94 bits per heavy atom. The van der Waals surface area contributed by atoms with Gasteiger partial charge in [0.25, 0.3) is 0 Å². The van der Waals surface area contributed by atoms with Gasteiger partial charge in [0.15, 0.2) is 0 Å². The topological polar surface area (TPSA) is 24.9 Å². The summed E-state index contributed by atoms with van der Waals surface area (Å²) in [5, 5.41) is 6.56. The summed E-state index contributed by atoms with van der Waals surface area (Å²) in [7, 11) is 1.97. The van der Waals surface area contributed by atoms with Gasteiger partial charge >= 0.3 is 0 Å². The Hall–Kier alpha value is -1.71. The second-order valence-corrected chi connectivity index (χ2v) is 5.24. The maximum absolute atomic E-state index is 4.50. The van der Waals surface area contributed by atoms with Crippen LogP contribution in [0.25, 0.3) is 22.0 Å². The monoisotopic (exact) mass is 254 g/mol. The molecule has 3 aromatic rings. The molecule has 0 bridgehead atoms. The van der Waals surface area contributed by atoms with Crippen molar-refractivity contribution in [1.29, 1.82) is 0 Å². The van der Waals surface area contributed by atoms with Crippen molar-refractivity contribution in [3.63, 3.8) is 0 Å². The third-order valence-electron chi connectivity index (χ3n) is 2.93. The molecule has 1 aromatic carbocycles. The van der Waals surface area contributed by atoms with Gasteiger partial charge in [-0.15, -0.1) is 11.3 Å². The summed E-state index contributed by atoms with van der Waals surface area (Å²) < 4.78 is 0. The number of nitrogens with zero attached hydrogens (tertiary/aromatic N) is 1. The number of thiophene rings is 1. The number of para-hydroxylation sites is 1. The Morgan fingerprint density at radius 2 is 2.06 bits per heavy atom. The van der Waals surface area contributed by atoms with E-state index in [1.807, 2.05) is 31.4 Å². The van der Waals surface area contributed by atoms with Crippen LogP contribution in [0.3, 0.4) is 0 Å². The first kappa shape index (κ1) is 11.4. The first-order valence-electron chi connectivity index (χ1n) is 5.94. The number of aromatic nitrogens is 1. The van der Waals surface area contributed by atoms with E-state index in [1.165, 1.54) is 21.4 Å². The molecule has 0 spiro atoms. The van der Waals surface area contributed by atoms with E-state index in [0.29, 0.717) is 0 Å². The average Bonchev–Trinajstić information content (AvgIpc) is 2.87. The third kappa shape index (κ3) is 2.15. The number of nitrogens with one attached hydrogen (secondary N) is 1. The minimum Gasteiger partial charge on any atom is -0.315 e. The van der Waals surface area contributed by atoms with Gasteiger partial charge < -0.3 is 5.32 Å². The summed E-state index contributed by atoms with van der Waals surface area (Å²) >= 11 is 1.78. The van der Waals surface area contributed by atoms with Gasteiger partial charge in [-0.1, -0.05) is 18.2 Å². The molecule has 0 saturated heterocycles. The van der Waals surface area contributed by atoms with E-state index in [0.717, 1.165) is 12.1 Å². The molecule has 0 saturated carbocycles. The highest BCUT2D eigenvalue weighted by Gasteiger charge is 2.03. The van der Waals surface area contributed by atoms with E-state index in [4.69, 9.17) is 0 Å². The first-order chi connectivity index (χ1) is 8.86. The van der Waals surface area contributed by atoms with Crippen molar-refractivity contribution in [1.82, 2.24) is 10.3 Å². The van der Waals surface area contributed by atoms with Crippen molar-refractivity contribution in [2.24, 2.45) is 0 Å². The molecular formula is C15H14N2S. The molecule has 0 fully saturated rings. The first-order valence-corrected chi connectivity index (χ1v) is 6.82. The molecule has 2 nitrogen and oxygen atoms in total. The highest BCUT2D eigenvalue weighted by atomic mass is 32.1. The predicted molar refractivity (Wildman–Crippen MR) is 77.8 cm³/mol. The fourth-order valence-corrected chi connectivity index (χ4v) is 2.93. The second-order valence-electron chi connectivity index (χ2n) is 4.25. The highest BCUT2D eigenvalue weighted by molar-refractivity contribution is 7.10. The van der Waals surface area contributed by atoms with Crippen LogP contribution in [-0.4, -0.2) is 12.0 Å². The molecule has 2 aromatic heterocycles. The Kier molecular flexibility index (Phi) is 3.09. The Bertz CT molecular complexity index is 673. The summed E-state index contributed by atoms with van der Waals surface area (Å²) in [6.07, 6.45) is 1.95.